The van der Waals surface area contributed by atoms with Crippen molar-refractivity contribution < 1.29 is 0 Å². The van der Waals surface area contributed by atoms with Crippen molar-refractivity contribution in [2.24, 2.45) is 17.2 Å². The van der Waals surface area contributed by atoms with Gasteiger partial charge in [0.05, 0.1) is 6.17 Å². The monoisotopic (exact) mass is 145 g/mol. The topological polar surface area (TPSA) is 78.1 Å². The second-order valence-corrected chi connectivity index (χ2v) is 2.66. The number of rotatable bonds is 6. The summed E-state index contributed by atoms with van der Waals surface area (Å²) in [4.78, 5) is 0. The summed E-state index contributed by atoms with van der Waals surface area (Å²) in [5.41, 5.74) is 16.0. The van der Waals surface area contributed by atoms with Gasteiger partial charge in [0, 0.05) is 0 Å². The van der Waals surface area contributed by atoms with Crippen molar-refractivity contribution in [3.8, 4) is 0 Å². The van der Waals surface area contributed by atoms with Crippen LogP contribution in [0.15, 0.2) is 0 Å². The van der Waals surface area contributed by atoms with Crippen molar-refractivity contribution in [2.45, 2.75) is 38.3 Å². The normalized spacial score (nSPS) is 10.8. The van der Waals surface area contributed by atoms with Gasteiger partial charge in [0.2, 0.25) is 0 Å². The molecule has 0 saturated heterocycles. The van der Waals surface area contributed by atoms with Crippen LogP contribution in [0.25, 0.3) is 0 Å². The fourth-order valence-corrected chi connectivity index (χ4v) is 0.878. The summed E-state index contributed by atoms with van der Waals surface area (Å²) in [7, 11) is 0. The van der Waals surface area contributed by atoms with Crippen LogP contribution in [0.4, 0.5) is 0 Å². The molecule has 0 atom stereocenters. The van der Waals surface area contributed by atoms with Crippen molar-refractivity contribution >= 4 is 0 Å². The van der Waals surface area contributed by atoms with Gasteiger partial charge in [0.1, 0.15) is 0 Å². The highest BCUT2D eigenvalue weighted by Gasteiger charge is 1.93. The molecule has 0 aromatic carbocycles. The Hall–Kier alpha value is -0.120. The lowest BCUT2D eigenvalue weighted by Crippen LogP contribution is -2.29. The standard InChI is InChI=1S/C7H19N3/c8-6-4-2-1-3-5-7(9)10/h7H,1-6,8-10H2. The Kier molecular flexibility index (Phi) is 6.91. The van der Waals surface area contributed by atoms with Gasteiger partial charge in [-0.15, -0.1) is 0 Å². The molecule has 0 aliphatic heterocycles. The van der Waals surface area contributed by atoms with E-state index in [0.717, 1.165) is 25.8 Å². The minimum absolute atomic E-state index is 0.127. The molecule has 3 heteroatoms. The summed E-state index contributed by atoms with van der Waals surface area (Å²) in [5.74, 6) is 0. The van der Waals surface area contributed by atoms with E-state index >= 15 is 0 Å². The van der Waals surface area contributed by atoms with Crippen molar-refractivity contribution in [2.75, 3.05) is 6.54 Å². The Morgan fingerprint density at radius 1 is 0.900 bits per heavy atom. The van der Waals surface area contributed by atoms with E-state index < -0.39 is 0 Å². The maximum Gasteiger partial charge on any atom is 0.0520 e. The van der Waals surface area contributed by atoms with Gasteiger partial charge in [-0.1, -0.05) is 19.3 Å². The van der Waals surface area contributed by atoms with Crippen LogP contribution in [-0.2, 0) is 0 Å². The van der Waals surface area contributed by atoms with Gasteiger partial charge in [0.15, 0.2) is 0 Å². The molecule has 0 unspecified atom stereocenters. The van der Waals surface area contributed by atoms with Crippen molar-refractivity contribution in [3.63, 3.8) is 0 Å². The second-order valence-electron chi connectivity index (χ2n) is 2.66. The van der Waals surface area contributed by atoms with E-state index in [9.17, 15) is 0 Å². The smallest absolute Gasteiger partial charge is 0.0520 e. The van der Waals surface area contributed by atoms with Crippen LogP contribution in [0.3, 0.4) is 0 Å². The van der Waals surface area contributed by atoms with E-state index in [1.165, 1.54) is 12.8 Å². The predicted octanol–water partition coefficient (Wildman–Crippen LogP) is 0.139. The van der Waals surface area contributed by atoms with Crippen LogP contribution in [-0.4, -0.2) is 12.7 Å². The number of hydrogen-bond donors (Lipinski definition) is 3. The average molecular weight is 145 g/mol. The molecule has 3 nitrogen and oxygen atoms in total. The predicted molar refractivity (Wildman–Crippen MR) is 44.3 cm³/mol. The molecule has 0 aromatic rings. The van der Waals surface area contributed by atoms with Crippen LogP contribution in [0.5, 0.6) is 0 Å². The number of unbranched alkanes of at least 4 members (excludes halogenated alkanes) is 3. The van der Waals surface area contributed by atoms with Gasteiger partial charge in [-0.2, -0.15) is 0 Å². The van der Waals surface area contributed by atoms with Crippen molar-refractivity contribution in [1.82, 2.24) is 0 Å². The van der Waals surface area contributed by atoms with Crippen LogP contribution in [0, 0.1) is 0 Å². The molecular weight excluding hydrogens is 126 g/mol. The van der Waals surface area contributed by atoms with Crippen LogP contribution in [0.2, 0.25) is 0 Å². The quantitative estimate of drug-likeness (QED) is 0.367. The molecule has 6 N–H and O–H groups in total. The molecule has 0 fully saturated rings. The molecule has 0 rings (SSSR count). The zero-order valence-electron chi connectivity index (χ0n) is 6.55. The second kappa shape index (κ2) is 6.99. The zero-order valence-corrected chi connectivity index (χ0v) is 6.55. The Balaban J connectivity index is 2.77. The van der Waals surface area contributed by atoms with Gasteiger partial charge >= 0.3 is 0 Å². The molecule has 62 valence electrons. The zero-order chi connectivity index (χ0) is 7.82. The minimum Gasteiger partial charge on any atom is -0.330 e. The molecule has 0 saturated carbocycles. The Bertz CT molecular complexity index is 63.9. The molecule has 0 amide bonds. The third-order valence-corrected chi connectivity index (χ3v) is 1.49. The highest BCUT2D eigenvalue weighted by molar-refractivity contribution is 4.51. The molecule has 0 radical (unpaired) electrons. The van der Waals surface area contributed by atoms with E-state index in [-0.39, 0.29) is 6.17 Å². The van der Waals surface area contributed by atoms with E-state index in [1.807, 2.05) is 0 Å². The summed E-state index contributed by atoms with van der Waals surface area (Å²) in [6.45, 7) is 0.800. The molecule has 0 aliphatic carbocycles. The lowest BCUT2D eigenvalue weighted by molar-refractivity contribution is 0.556. The van der Waals surface area contributed by atoms with Crippen LogP contribution < -0.4 is 17.2 Å². The minimum atomic E-state index is -0.127. The molecule has 0 aromatic heterocycles. The molecule has 10 heavy (non-hydrogen) atoms. The third-order valence-electron chi connectivity index (χ3n) is 1.49. The summed E-state index contributed by atoms with van der Waals surface area (Å²) < 4.78 is 0. The molecule has 0 heterocycles. The fourth-order valence-electron chi connectivity index (χ4n) is 0.878. The Morgan fingerprint density at radius 3 is 2.00 bits per heavy atom. The average Bonchev–Trinajstić information content (AvgIpc) is 1.87. The first-order valence-corrected chi connectivity index (χ1v) is 3.98. The Morgan fingerprint density at radius 2 is 1.50 bits per heavy atom. The van der Waals surface area contributed by atoms with Gasteiger partial charge in [-0.3, -0.25) is 0 Å². The first kappa shape index (κ1) is 9.88. The van der Waals surface area contributed by atoms with Gasteiger partial charge in [-0.05, 0) is 19.4 Å². The lowest BCUT2D eigenvalue weighted by Gasteiger charge is -2.03. The number of nitrogens with two attached hydrogens (primary N) is 3. The SMILES string of the molecule is NCCCCCCC(N)N. The van der Waals surface area contributed by atoms with Crippen molar-refractivity contribution in [3.05, 3.63) is 0 Å². The van der Waals surface area contributed by atoms with Crippen LogP contribution >= 0.6 is 0 Å². The Labute approximate surface area is 62.9 Å². The molecular formula is C7H19N3. The maximum absolute atomic E-state index is 5.36. The van der Waals surface area contributed by atoms with E-state index in [2.05, 4.69) is 0 Å². The largest absolute Gasteiger partial charge is 0.330 e. The fraction of sp³-hybridized carbons (Fsp3) is 1.00. The maximum atomic E-state index is 5.36. The van der Waals surface area contributed by atoms with E-state index in [0.29, 0.717) is 0 Å². The summed E-state index contributed by atoms with van der Waals surface area (Å²) in [6.07, 6.45) is 5.49. The van der Waals surface area contributed by atoms with E-state index in [1.54, 1.807) is 0 Å². The van der Waals surface area contributed by atoms with Gasteiger partial charge in [-0.25, -0.2) is 0 Å². The summed E-state index contributed by atoms with van der Waals surface area (Å²) in [6, 6.07) is 0. The van der Waals surface area contributed by atoms with Gasteiger partial charge < -0.3 is 17.2 Å². The van der Waals surface area contributed by atoms with Gasteiger partial charge in [0.25, 0.3) is 0 Å². The third kappa shape index (κ3) is 7.88. The summed E-state index contributed by atoms with van der Waals surface area (Å²) >= 11 is 0. The van der Waals surface area contributed by atoms with E-state index in [4.69, 9.17) is 17.2 Å². The summed E-state index contributed by atoms with van der Waals surface area (Å²) in [5, 5.41) is 0. The molecule has 0 aliphatic rings. The highest BCUT2D eigenvalue weighted by Crippen LogP contribution is 2.01. The highest BCUT2D eigenvalue weighted by atomic mass is 14.8. The first-order valence-electron chi connectivity index (χ1n) is 3.98. The molecule has 0 spiro atoms. The van der Waals surface area contributed by atoms with Crippen molar-refractivity contribution in [1.29, 1.82) is 0 Å². The van der Waals surface area contributed by atoms with Crippen LogP contribution in [0.1, 0.15) is 32.1 Å². The lowest BCUT2D eigenvalue weighted by atomic mass is 10.1. The molecule has 0 bridgehead atoms. The first-order chi connectivity index (χ1) is 4.77. The number of hydrogen-bond acceptors (Lipinski definition) is 3.